The summed E-state index contributed by atoms with van der Waals surface area (Å²) >= 11 is 0. The van der Waals surface area contributed by atoms with Crippen molar-refractivity contribution >= 4 is 21.4 Å². The summed E-state index contributed by atoms with van der Waals surface area (Å²) in [6, 6.07) is 7.61. The van der Waals surface area contributed by atoms with Crippen molar-refractivity contribution in [1.29, 1.82) is 0 Å². The topological polar surface area (TPSA) is 54.5 Å². The summed E-state index contributed by atoms with van der Waals surface area (Å²) in [5.74, 6) is 0.309. The predicted octanol–water partition coefficient (Wildman–Crippen LogP) is 1.40. The average molecular weight is 279 g/mol. The van der Waals surface area contributed by atoms with Crippen molar-refractivity contribution in [1.82, 2.24) is 0 Å². The van der Waals surface area contributed by atoms with Gasteiger partial charge in [-0.2, -0.15) is 0 Å². The Morgan fingerprint density at radius 1 is 1.26 bits per heavy atom. The Morgan fingerprint density at radius 3 is 2.74 bits per heavy atom. The summed E-state index contributed by atoms with van der Waals surface area (Å²) in [5, 5.41) is 0. The second-order valence-corrected chi connectivity index (χ2v) is 7.51. The summed E-state index contributed by atoms with van der Waals surface area (Å²) in [4.78, 5) is 13.9. The van der Waals surface area contributed by atoms with E-state index in [0.717, 1.165) is 17.7 Å². The summed E-state index contributed by atoms with van der Waals surface area (Å²) in [7, 11) is -2.98. The fourth-order valence-corrected chi connectivity index (χ4v) is 5.32. The molecule has 0 N–H and O–H groups in total. The van der Waals surface area contributed by atoms with Gasteiger partial charge in [-0.1, -0.05) is 25.1 Å². The van der Waals surface area contributed by atoms with Crippen molar-refractivity contribution in [3.8, 4) is 0 Å². The van der Waals surface area contributed by atoms with Crippen molar-refractivity contribution in [3.63, 3.8) is 0 Å². The molecule has 5 heteroatoms. The van der Waals surface area contributed by atoms with Crippen LogP contribution in [0, 0.1) is 5.92 Å². The average Bonchev–Trinajstić information content (AvgIpc) is 2.79. The zero-order chi connectivity index (χ0) is 13.6. The molecule has 2 aliphatic heterocycles. The van der Waals surface area contributed by atoms with Crippen molar-refractivity contribution in [2.45, 2.75) is 25.8 Å². The standard InChI is InChI=1S/C14H17NO3S/c1-2-10-5-3-4-6-12(10)15-13-9-19(17,18)8-11(13)7-14(15)16/h3-6,11,13H,2,7-9H2,1H3/t11-,13-/m1/s1. The zero-order valence-electron chi connectivity index (χ0n) is 10.9. The molecule has 102 valence electrons. The van der Waals surface area contributed by atoms with Crippen LogP contribution in [0.15, 0.2) is 24.3 Å². The van der Waals surface area contributed by atoms with E-state index in [4.69, 9.17) is 0 Å². The fraction of sp³-hybridized carbons (Fsp3) is 0.500. The lowest BCUT2D eigenvalue weighted by Crippen LogP contribution is -2.36. The van der Waals surface area contributed by atoms with Gasteiger partial charge in [0.1, 0.15) is 0 Å². The molecule has 2 saturated heterocycles. The molecule has 2 heterocycles. The highest BCUT2D eigenvalue weighted by Gasteiger charge is 2.49. The van der Waals surface area contributed by atoms with Gasteiger partial charge in [0.25, 0.3) is 0 Å². The first-order chi connectivity index (χ1) is 9.02. The number of aryl methyl sites for hydroxylation is 1. The van der Waals surface area contributed by atoms with Crippen molar-refractivity contribution in [2.24, 2.45) is 5.92 Å². The number of amides is 1. The second kappa shape index (κ2) is 4.34. The molecule has 0 bridgehead atoms. The normalized spacial score (nSPS) is 28.7. The molecule has 3 rings (SSSR count). The Balaban J connectivity index is 2.02. The number of hydrogen-bond acceptors (Lipinski definition) is 3. The number of rotatable bonds is 2. The Bertz CT molecular complexity index is 623. The Hall–Kier alpha value is -1.36. The summed E-state index contributed by atoms with van der Waals surface area (Å²) in [6.45, 7) is 2.04. The van der Waals surface area contributed by atoms with Crippen molar-refractivity contribution in [2.75, 3.05) is 16.4 Å². The van der Waals surface area contributed by atoms with Gasteiger partial charge < -0.3 is 4.90 Å². The highest BCUT2D eigenvalue weighted by molar-refractivity contribution is 7.91. The van der Waals surface area contributed by atoms with Crippen molar-refractivity contribution in [3.05, 3.63) is 29.8 Å². The molecule has 2 aliphatic rings. The number of fused-ring (bicyclic) bond motifs is 1. The fourth-order valence-electron chi connectivity index (χ4n) is 3.25. The second-order valence-electron chi connectivity index (χ2n) is 5.35. The van der Waals surface area contributed by atoms with Gasteiger partial charge in [0.15, 0.2) is 9.84 Å². The van der Waals surface area contributed by atoms with Crippen LogP contribution in [-0.2, 0) is 21.1 Å². The lowest BCUT2D eigenvalue weighted by molar-refractivity contribution is -0.117. The number of carbonyl (C=O) groups excluding carboxylic acids is 1. The van der Waals surface area contributed by atoms with E-state index in [-0.39, 0.29) is 29.4 Å². The molecule has 0 saturated carbocycles. The minimum atomic E-state index is -2.98. The molecular weight excluding hydrogens is 262 g/mol. The minimum absolute atomic E-state index is 0.0255. The number of nitrogens with zero attached hydrogens (tertiary/aromatic N) is 1. The smallest absolute Gasteiger partial charge is 0.227 e. The van der Waals surface area contributed by atoms with Gasteiger partial charge in [0, 0.05) is 18.0 Å². The first-order valence-electron chi connectivity index (χ1n) is 6.62. The first-order valence-corrected chi connectivity index (χ1v) is 8.44. The molecule has 0 radical (unpaired) electrons. The quantitative estimate of drug-likeness (QED) is 0.822. The number of benzene rings is 1. The van der Waals surface area contributed by atoms with Gasteiger partial charge in [-0.15, -0.1) is 0 Å². The molecule has 1 amide bonds. The molecule has 1 aromatic rings. The number of anilines is 1. The van der Waals surface area contributed by atoms with Crippen LogP contribution in [0.25, 0.3) is 0 Å². The van der Waals surface area contributed by atoms with Crippen LogP contribution in [0.5, 0.6) is 0 Å². The predicted molar refractivity (Wildman–Crippen MR) is 73.9 cm³/mol. The molecule has 1 aromatic carbocycles. The van der Waals surface area contributed by atoms with Gasteiger partial charge in [0.05, 0.1) is 17.5 Å². The maximum absolute atomic E-state index is 12.2. The highest BCUT2D eigenvalue weighted by atomic mass is 32.2. The van der Waals surface area contributed by atoms with E-state index in [9.17, 15) is 13.2 Å². The molecule has 0 unspecified atom stereocenters. The van der Waals surface area contributed by atoms with Gasteiger partial charge in [0.2, 0.25) is 5.91 Å². The Morgan fingerprint density at radius 2 is 2.00 bits per heavy atom. The number of para-hydroxylation sites is 1. The Kier molecular flexibility index (Phi) is 2.89. The zero-order valence-corrected chi connectivity index (χ0v) is 11.7. The van der Waals surface area contributed by atoms with Gasteiger partial charge in [-0.25, -0.2) is 8.42 Å². The van der Waals surface area contributed by atoms with Crippen molar-refractivity contribution < 1.29 is 13.2 Å². The van der Waals surface area contributed by atoms with Gasteiger partial charge in [-0.05, 0) is 18.1 Å². The van der Waals surface area contributed by atoms with Crippen LogP contribution >= 0.6 is 0 Å². The molecule has 2 fully saturated rings. The largest absolute Gasteiger partial charge is 0.308 e. The third kappa shape index (κ3) is 2.06. The lowest BCUT2D eigenvalue weighted by Gasteiger charge is -2.25. The van der Waals surface area contributed by atoms with E-state index in [2.05, 4.69) is 0 Å². The molecule has 19 heavy (non-hydrogen) atoms. The van der Waals surface area contributed by atoms with E-state index < -0.39 is 9.84 Å². The van der Waals surface area contributed by atoms with E-state index in [1.165, 1.54) is 0 Å². The maximum Gasteiger partial charge on any atom is 0.227 e. The van der Waals surface area contributed by atoms with Gasteiger partial charge >= 0.3 is 0 Å². The van der Waals surface area contributed by atoms with E-state index in [1.807, 2.05) is 31.2 Å². The molecule has 4 nitrogen and oxygen atoms in total. The number of sulfone groups is 1. The Labute approximate surface area is 113 Å². The highest BCUT2D eigenvalue weighted by Crippen LogP contribution is 2.38. The van der Waals surface area contributed by atoms with Crippen LogP contribution in [-0.4, -0.2) is 31.9 Å². The molecule has 2 atom stereocenters. The monoisotopic (exact) mass is 279 g/mol. The molecule has 0 aliphatic carbocycles. The van der Waals surface area contributed by atoms with Crippen LogP contribution in [0.3, 0.4) is 0 Å². The number of carbonyl (C=O) groups is 1. The molecule has 0 spiro atoms. The van der Waals surface area contributed by atoms with Crippen LogP contribution in [0.1, 0.15) is 18.9 Å². The molecule has 0 aromatic heterocycles. The SMILES string of the molecule is CCc1ccccc1N1C(=O)C[C@@H]2CS(=O)(=O)C[C@H]21. The third-order valence-corrected chi connectivity index (χ3v) is 5.89. The summed E-state index contributed by atoms with van der Waals surface area (Å²) in [5.41, 5.74) is 1.99. The third-order valence-electron chi connectivity index (χ3n) is 4.11. The first kappa shape index (κ1) is 12.7. The van der Waals surface area contributed by atoms with E-state index in [0.29, 0.717) is 6.42 Å². The van der Waals surface area contributed by atoms with Crippen LogP contribution in [0.4, 0.5) is 5.69 Å². The number of hydrogen-bond donors (Lipinski definition) is 0. The van der Waals surface area contributed by atoms with Gasteiger partial charge in [-0.3, -0.25) is 4.79 Å². The molecular formula is C14H17NO3S. The van der Waals surface area contributed by atoms with Crippen LogP contribution in [0.2, 0.25) is 0 Å². The summed E-state index contributed by atoms with van der Waals surface area (Å²) in [6.07, 6.45) is 1.20. The minimum Gasteiger partial charge on any atom is -0.308 e. The summed E-state index contributed by atoms with van der Waals surface area (Å²) < 4.78 is 23.5. The van der Waals surface area contributed by atoms with Crippen LogP contribution < -0.4 is 4.90 Å². The lowest BCUT2D eigenvalue weighted by atomic mass is 10.0. The van der Waals surface area contributed by atoms with E-state index in [1.54, 1.807) is 4.90 Å². The maximum atomic E-state index is 12.2. The van der Waals surface area contributed by atoms with E-state index >= 15 is 0 Å².